The molecule has 1 aromatic carbocycles. The van der Waals surface area contributed by atoms with Crippen LogP contribution in [-0.4, -0.2) is 29.4 Å². The van der Waals surface area contributed by atoms with Crippen LogP contribution in [0.4, 0.5) is 0 Å². The van der Waals surface area contributed by atoms with E-state index in [0.29, 0.717) is 18.0 Å². The molecule has 2 aromatic rings. The zero-order chi connectivity index (χ0) is 20.9. The first kappa shape index (κ1) is 20.9. The number of nitrogens with zero attached hydrogens (tertiary/aromatic N) is 2. The number of aryl methyl sites for hydroxylation is 1. The van der Waals surface area contributed by atoms with Gasteiger partial charge >= 0.3 is 5.97 Å². The second-order valence-corrected chi connectivity index (χ2v) is 7.39. The minimum absolute atomic E-state index is 0.120. The van der Waals surface area contributed by atoms with Crippen LogP contribution in [0.1, 0.15) is 68.1 Å². The molecule has 0 saturated heterocycles. The summed E-state index contributed by atoms with van der Waals surface area (Å²) in [5.41, 5.74) is 4.64. The Morgan fingerprint density at radius 2 is 1.97 bits per heavy atom. The molecule has 0 amide bonds. The maximum Gasteiger partial charge on any atom is 0.311 e. The molecule has 0 aliphatic carbocycles. The minimum Gasteiger partial charge on any atom is -0.493 e. The van der Waals surface area contributed by atoms with E-state index in [0.717, 1.165) is 42.7 Å². The summed E-state index contributed by atoms with van der Waals surface area (Å²) in [4.78, 5) is 11.5. The van der Waals surface area contributed by atoms with E-state index >= 15 is 0 Å². The van der Waals surface area contributed by atoms with Gasteiger partial charge in [0.15, 0.2) is 0 Å². The van der Waals surface area contributed by atoms with Crippen LogP contribution in [0.5, 0.6) is 5.75 Å². The Morgan fingerprint density at radius 3 is 2.62 bits per heavy atom. The van der Waals surface area contributed by atoms with Gasteiger partial charge in [-0.15, -0.1) is 5.10 Å². The first-order valence-electron chi connectivity index (χ1n) is 10.3. The summed E-state index contributed by atoms with van der Waals surface area (Å²) in [6.45, 7) is 9.46. The zero-order valence-electron chi connectivity index (χ0n) is 17.7. The molecule has 5 heteroatoms. The van der Waals surface area contributed by atoms with Crippen LogP contribution < -0.4 is 4.74 Å². The van der Waals surface area contributed by atoms with Crippen molar-refractivity contribution in [2.45, 2.75) is 58.8 Å². The molecule has 0 saturated carbocycles. The number of esters is 1. The summed E-state index contributed by atoms with van der Waals surface area (Å²) in [7, 11) is 0. The van der Waals surface area contributed by atoms with E-state index < -0.39 is 0 Å². The molecule has 1 aromatic heterocycles. The van der Waals surface area contributed by atoms with Crippen molar-refractivity contribution < 1.29 is 14.3 Å². The molecule has 0 atom stereocenters. The monoisotopic (exact) mass is 392 g/mol. The highest BCUT2D eigenvalue weighted by atomic mass is 16.5. The van der Waals surface area contributed by atoms with Gasteiger partial charge < -0.3 is 9.47 Å². The first-order chi connectivity index (χ1) is 14.0. The summed E-state index contributed by atoms with van der Waals surface area (Å²) in [5.74, 6) is 7.03. The third-order valence-electron chi connectivity index (χ3n) is 5.77. The van der Waals surface area contributed by atoms with E-state index in [4.69, 9.17) is 9.47 Å². The van der Waals surface area contributed by atoms with E-state index in [2.05, 4.69) is 54.9 Å². The molecule has 3 rings (SSSR count). The van der Waals surface area contributed by atoms with Crippen molar-refractivity contribution >= 4 is 5.97 Å². The average molecular weight is 392 g/mol. The fraction of sp³-hybridized carbons (Fsp3) is 0.458. The molecule has 0 spiro atoms. The van der Waals surface area contributed by atoms with Crippen molar-refractivity contribution in [1.82, 2.24) is 10.2 Å². The average Bonchev–Trinajstić information content (AvgIpc) is 2.73. The highest BCUT2D eigenvalue weighted by Gasteiger charge is 2.35. The fourth-order valence-corrected chi connectivity index (χ4v) is 3.84. The van der Waals surface area contributed by atoms with Gasteiger partial charge in [0.05, 0.1) is 25.3 Å². The predicted octanol–water partition coefficient (Wildman–Crippen LogP) is 4.13. The largest absolute Gasteiger partial charge is 0.493 e. The zero-order valence-corrected chi connectivity index (χ0v) is 17.7. The molecule has 0 radical (unpaired) electrons. The second-order valence-electron chi connectivity index (χ2n) is 7.39. The van der Waals surface area contributed by atoms with Crippen LogP contribution in [0.15, 0.2) is 24.3 Å². The van der Waals surface area contributed by atoms with Crippen molar-refractivity contribution in [3.63, 3.8) is 0 Å². The van der Waals surface area contributed by atoms with Gasteiger partial charge in [0.25, 0.3) is 0 Å². The summed E-state index contributed by atoms with van der Waals surface area (Å²) in [5, 5.41) is 8.21. The Kier molecular flexibility index (Phi) is 6.53. The maximum atomic E-state index is 11.5. The number of carbonyl (C=O) groups excluding carboxylic acids is 1. The van der Waals surface area contributed by atoms with E-state index in [1.54, 1.807) is 19.1 Å². The lowest BCUT2D eigenvalue weighted by molar-refractivity contribution is -0.142. The molecule has 0 unspecified atom stereocenters. The molecule has 0 N–H and O–H groups in total. The molecule has 1 aliphatic heterocycles. The number of ether oxygens (including phenoxy) is 2. The maximum absolute atomic E-state index is 11.5. The molecule has 1 aliphatic rings. The smallest absolute Gasteiger partial charge is 0.311 e. The topological polar surface area (TPSA) is 61.3 Å². The Bertz CT molecular complexity index is 935. The van der Waals surface area contributed by atoms with Crippen molar-refractivity contribution in [3.8, 4) is 17.6 Å². The van der Waals surface area contributed by atoms with Gasteiger partial charge in [-0.05, 0) is 68.9 Å². The Hall–Kier alpha value is -2.87. The number of benzene rings is 1. The van der Waals surface area contributed by atoms with E-state index in [-0.39, 0.29) is 17.8 Å². The Morgan fingerprint density at radius 1 is 1.17 bits per heavy atom. The highest BCUT2D eigenvalue weighted by molar-refractivity contribution is 5.71. The molecule has 2 heterocycles. The van der Waals surface area contributed by atoms with Crippen LogP contribution >= 0.6 is 0 Å². The van der Waals surface area contributed by atoms with Crippen molar-refractivity contribution in [3.05, 3.63) is 52.3 Å². The van der Waals surface area contributed by atoms with E-state index in [1.807, 2.05) is 0 Å². The normalized spacial score (nSPS) is 14.2. The molecule has 29 heavy (non-hydrogen) atoms. The van der Waals surface area contributed by atoms with Crippen molar-refractivity contribution in [1.29, 1.82) is 0 Å². The van der Waals surface area contributed by atoms with Crippen LogP contribution in [-0.2, 0) is 21.4 Å². The third-order valence-corrected chi connectivity index (χ3v) is 5.77. The first-order valence-corrected chi connectivity index (χ1v) is 10.3. The van der Waals surface area contributed by atoms with Gasteiger partial charge in [-0.25, -0.2) is 0 Å². The van der Waals surface area contributed by atoms with Gasteiger partial charge in [0, 0.05) is 16.5 Å². The SMILES string of the molecule is CCOC(=O)Cc1ccc(C#Cc2cc3c(cc2C)OCCC3(CC)CC)nn1. The number of fused-ring (bicyclic) bond motifs is 1. The lowest BCUT2D eigenvalue weighted by Gasteiger charge is -2.38. The molecule has 152 valence electrons. The molecular weight excluding hydrogens is 364 g/mol. The van der Waals surface area contributed by atoms with Gasteiger partial charge in [0.2, 0.25) is 0 Å². The molecular formula is C24H28N2O3. The number of rotatable bonds is 5. The number of aromatic nitrogens is 2. The van der Waals surface area contributed by atoms with Crippen LogP contribution in [0.2, 0.25) is 0 Å². The predicted molar refractivity (Wildman–Crippen MR) is 112 cm³/mol. The number of carbonyl (C=O) groups is 1. The van der Waals surface area contributed by atoms with E-state index in [9.17, 15) is 4.79 Å². The summed E-state index contributed by atoms with van der Waals surface area (Å²) < 4.78 is 10.9. The minimum atomic E-state index is -0.303. The van der Waals surface area contributed by atoms with Crippen LogP contribution in [0.3, 0.4) is 0 Å². The molecule has 5 nitrogen and oxygen atoms in total. The van der Waals surface area contributed by atoms with Gasteiger partial charge in [-0.3, -0.25) is 4.79 Å². The number of hydrogen-bond donors (Lipinski definition) is 0. The van der Waals surface area contributed by atoms with Gasteiger partial charge in [-0.2, -0.15) is 5.10 Å². The molecule has 0 bridgehead atoms. The van der Waals surface area contributed by atoms with Gasteiger partial charge in [-0.1, -0.05) is 19.8 Å². The Labute approximate surface area is 172 Å². The molecule has 0 fully saturated rings. The van der Waals surface area contributed by atoms with Crippen molar-refractivity contribution in [2.24, 2.45) is 0 Å². The van der Waals surface area contributed by atoms with Gasteiger partial charge in [0.1, 0.15) is 11.4 Å². The van der Waals surface area contributed by atoms with Crippen LogP contribution in [0, 0.1) is 18.8 Å². The quantitative estimate of drug-likeness (QED) is 0.566. The van der Waals surface area contributed by atoms with Crippen LogP contribution in [0.25, 0.3) is 0 Å². The second kappa shape index (κ2) is 9.09. The Balaban J connectivity index is 1.85. The van der Waals surface area contributed by atoms with Crippen molar-refractivity contribution in [2.75, 3.05) is 13.2 Å². The standard InChI is InChI=1S/C24H28N2O3/c1-5-24(6-2)12-13-29-22-14-17(4)18(15-21(22)24)8-9-19-10-11-20(26-25-19)16-23(27)28-7-3/h10-11,14-15H,5-7,12-13,16H2,1-4H3. The fourth-order valence-electron chi connectivity index (χ4n) is 3.84. The lowest BCUT2D eigenvalue weighted by Crippen LogP contribution is -2.32. The summed E-state index contributed by atoms with van der Waals surface area (Å²) >= 11 is 0. The van der Waals surface area contributed by atoms with E-state index in [1.165, 1.54) is 5.56 Å². The third kappa shape index (κ3) is 4.59. The summed E-state index contributed by atoms with van der Waals surface area (Å²) in [6.07, 6.45) is 3.33. The highest BCUT2D eigenvalue weighted by Crippen LogP contribution is 2.44. The summed E-state index contributed by atoms with van der Waals surface area (Å²) in [6, 6.07) is 7.84. The number of hydrogen-bond acceptors (Lipinski definition) is 5. The lowest BCUT2D eigenvalue weighted by atomic mass is 9.71.